The molecule has 0 bridgehead atoms. The molecule has 0 amide bonds. The molecule has 3 rings (SSSR count). The Labute approximate surface area is 109 Å². The van der Waals surface area contributed by atoms with Crippen molar-refractivity contribution in [2.24, 2.45) is 0 Å². The molecule has 5 nitrogen and oxygen atoms in total. The van der Waals surface area contributed by atoms with E-state index in [1.54, 1.807) is 24.7 Å². The van der Waals surface area contributed by atoms with E-state index in [9.17, 15) is 4.79 Å². The standard InChI is InChI=1S/C14H10N4O/c19-13-8-12(11-5-1-2-7-16-11)17-14(18-13)10-4-3-6-15-9-10/h1-9H,(H,17,18,19). The van der Waals surface area contributed by atoms with Gasteiger partial charge in [0.15, 0.2) is 0 Å². The molecule has 3 heterocycles. The molecule has 3 aromatic heterocycles. The van der Waals surface area contributed by atoms with E-state index in [4.69, 9.17) is 0 Å². The van der Waals surface area contributed by atoms with Crippen molar-refractivity contribution in [1.29, 1.82) is 0 Å². The number of pyridine rings is 2. The highest BCUT2D eigenvalue weighted by Gasteiger charge is 2.06. The Kier molecular flexibility index (Phi) is 2.86. The molecule has 0 radical (unpaired) electrons. The molecule has 0 aliphatic carbocycles. The van der Waals surface area contributed by atoms with E-state index in [1.165, 1.54) is 6.07 Å². The van der Waals surface area contributed by atoms with Crippen LogP contribution in [0, 0.1) is 0 Å². The van der Waals surface area contributed by atoms with Crippen molar-refractivity contribution in [3.05, 3.63) is 65.3 Å². The fourth-order valence-electron chi connectivity index (χ4n) is 1.74. The van der Waals surface area contributed by atoms with Crippen LogP contribution in [0.3, 0.4) is 0 Å². The molecule has 0 aliphatic rings. The largest absolute Gasteiger partial charge is 0.306 e. The normalized spacial score (nSPS) is 10.3. The Balaban J connectivity index is 2.15. The van der Waals surface area contributed by atoms with Crippen molar-refractivity contribution in [2.45, 2.75) is 0 Å². The summed E-state index contributed by atoms with van der Waals surface area (Å²) in [6.07, 6.45) is 4.99. The Bertz CT molecular complexity index is 677. The number of hydrogen-bond acceptors (Lipinski definition) is 4. The maximum absolute atomic E-state index is 11.7. The maximum atomic E-state index is 11.7. The van der Waals surface area contributed by atoms with Gasteiger partial charge in [-0.15, -0.1) is 0 Å². The molecule has 0 unspecified atom stereocenters. The number of nitrogens with one attached hydrogen (secondary N) is 1. The summed E-state index contributed by atoms with van der Waals surface area (Å²) in [5, 5.41) is 0. The topological polar surface area (TPSA) is 71.5 Å². The molecule has 0 aliphatic heterocycles. The minimum atomic E-state index is -0.213. The molecule has 0 saturated carbocycles. The van der Waals surface area contributed by atoms with Crippen LogP contribution in [0.15, 0.2) is 59.8 Å². The SMILES string of the molecule is O=c1cc(-c2ccccn2)nc(-c2cccnc2)[nH]1. The second kappa shape index (κ2) is 4.81. The number of nitrogens with zero attached hydrogens (tertiary/aromatic N) is 3. The lowest BCUT2D eigenvalue weighted by atomic mass is 10.2. The number of hydrogen-bond donors (Lipinski definition) is 1. The van der Waals surface area contributed by atoms with Gasteiger partial charge in [-0.2, -0.15) is 0 Å². The number of H-pyrrole nitrogens is 1. The van der Waals surface area contributed by atoms with Crippen molar-refractivity contribution < 1.29 is 0 Å². The monoisotopic (exact) mass is 250 g/mol. The summed E-state index contributed by atoms with van der Waals surface area (Å²) in [6.45, 7) is 0. The van der Waals surface area contributed by atoms with Gasteiger partial charge >= 0.3 is 0 Å². The zero-order valence-electron chi connectivity index (χ0n) is 9.95. The van der Waals surface area contributed by atoms with Crippen LogP contribution < -0.4 is 5.56 Å². The van der Waals surface area contributed by atoms with E-state index in [1.807, 2.05) is 24.3 Å². The summed E-state index contributed by atoms with van der Waals surface area (Å²) >= 11 is 0. The molecule has 0 fully saturated rings. The average molecular weight is 250 g/mol. The Morgan fingerprint density at radius 1 is 1.00 bits per heavy atom. The summed E-state index contributed by atoms with van der Waals surface area (Å²) in [5.74, 6) is 0.487. The Morgan fingerprint density at radius 2 is 1.95 bits per heavy atom. The second-order valence-electron chi connectivity index (χ2n) is 3.94. The maximum Gasteiger partial charge on any atom is 0.251 e. The highest BCUT2D eigenvalue weighted by atomic mass is 16.1. The third-order valence-electron chi connectivity index (χ3n) is 2.60. The summed E-state index contributed by atoms with van der Waals surface area (Å²) in [7, 11) is 0. The van der Waals surface area contributed by atoms with E-state index in [-0.39, 0.29) is 5.56 Å². The van der Waals surface area contributed by atoms with Crippen LogP contribution in [0.2, 0.25) is 0 Å². The second-order valence-corrected chi connectivity index (χ2v) is 3.94. The van der Waals surface area contributed by atoms with Crippen LogP contribution in [0.5, 0.6) is 0 Å². The van der Waals surface area contributed by atoms with Gasteiger partial charge in [-0.1, -0.05) is 6.07 Å². The first-order valence-electron chi connectivity index (χ1n) is 5.76. The lowest BCUT2D eigenvalue weighted by Gasteiger charge is -2.03. The van der Waals surface area contributed by atoms with Crippen molar-refractivity contribution in [3.63, 3.8) is 0 Å². The lowest BCUT2D eigenvalue weighted by molar-refractivity contribution is 1.11. The summed E-state index contributed by atoms with van der Waals surface area (Å²) in [4.78, 5) is 27.0. The van der Waals surface area contributed by atoms with E-state index >= 15 is 0 Å². The summed E-state index contributed by atoms with van der Waals surface area (Å²) in [6, 6.07) is 10.6. The molecule has 19 heavy (non-hydrogen) atoms. The van der Waals surface area contributed by atoms with Crippen LogP contribution >= 0.6 is 0 Å². The van der Waals surface area contributed by atoms with Crippen LogP contribution in [0.25, 0.3) is 22.8 Å². The highest BCUT2D eigenvalue weighted by Crippen LogP contribution is 2.16. The van der Waals surface area contributed by atoms with Gasteiger partial charge in [-0.25, -0.2) is 4.98 Å². The van der Waals surface area contributed by atoms with Crippen molar-refractivity contribution in [3.8, 4) is 22.8 Å². The lowest BCUT2D eigenvalue weighted by Crippen LogP contribution is -2.09. The van der Waals surface area contributed by atoms with Crippen molar-refractivity contribution in [2.75, 3.05) is 0 Å². The number of aromatic amines is 1. The zero-order chi connectivity index (χ0) is 13.1. The third kappa shape index (κ3) is 2.40. The van der Waals surface area contributed by atoms with Crippen LogP contribution in [0.1, 0.15) is 0 Å². The summed E-state index contributed by atoms with van der Waals surface area (Å²) in [5.41, 5.74) is 1.76. The van der Waals surface area contributed by atoms with Gasteiger partial charge in [0.25, 0.3) is 5.56 Å². The predicted molar refractivity (Wildman–Crippen MR) is 71.3 cm³/mol. The van der Waals surface area contributed by atoms with Gasteiger partial charge in [-0.05, 0) is 24.3 Å². The predicted octanol–water partition coefficient (Wildman–Crippen LogP) is 1.89. The van der Waals surface area contributed by atoms with Gasteiger partial charge < -0.3 is 4.98 Å². The van der Waals surface area contributed by atoms with Crippen LogP contribution in [-0.2, 0) is 0 Å². The van der Waals surface area contributed by atoms with E-state index in [0.717, 1.165) is 5.56 Å². The summed E-state index contributed by atoms with van der Waals surface area (Å²) < 4.78 is 0. The molecule has 1 N–H and O–H groups in total. The molecule has 5 heteroatoms. The van der Waals surface area contributed by atoms with Crippen LogP contribution in [-0.4, -0.2) is 19.9 Å². The quantitative estimate of drug-likeness (QED) is 0.754. The minimum Gasteiger partial charge on any atom is -0.306 e. The van der Waals surface area contributed by atoms with E-state index in [0.29, 0.717) is 17.2 Å². The van der Waals surface area contributed by atoms with Gasteiger partial charge in [0.05, 0.1) is 11.4 Å². The van der Waals surface area contributed by atoms with Crippen LogP contribution in [0.4, 0.5) is 0 Å². The molecule has 0 aromatic carbocycles. The van der Waals surface area contributed by atoms with E-state index < -0.39 is 0 Å². The molecule has 92 valence electrons. The Morgan fingerprint density at radius 3 is 2.68 bits per heavy atom. The first-order valence-corrected chi connectivity index (χ1v) is 5.76. The van der Waals surface area contributed by atoms with Gasteiger partial charge in [-0.3, -0.25) is 14.8 Å². The fourth-order valence-corrected chi connectivity index (χ4v) is 1.74. The number of aromatic nitrogens is 4. The van der Waals surface area contributed by atoms with Gasteiger partial charge in [0.1, 0.15) is 5.82 Å². The smallest absolute Gasteiger partial charge is 0.251 e. The third-order valence-corrected chi connectivity index (χ3v) is 2.60. The highest BCUT2D eigenvalue weighted by molar-refractivity contribution is 5.59. The molecule has 0 spiro atoms. The van der Waals surface area contributed by atoms with Crippen molar-refractivity contribution in [1.82, 2.24) is 19.9 Å². The average Bonchev–Trinajstić information content (AvgIpc) is 2.48. The fraction of sp³-hybridized carbons (Fsp3) is 0. The minimum absolute atomic E-state index is 0.213. The molecule has 0 atom stereocenters. The zero-order valence-corrected chi connectivity index (χ0v) is 9.95. The van der Waals surface area contributed by atoms with Crippen molar-refractivity contribution >= 4 is 0 Å². The molecule has 0 saturated heterocycles. The van der Waals surface area contributed by atoms with Gasteiger partial charge in [0.2, 0.25) is 0 Å². The van der Waals surface area contributed by atoms with Gasteiger partial charge in [0, 0.05) is 30.2 Å². The first kappa shape index (κ1) is 11.3. The number of rotatable bonds is 2. The van der Waals surface area contributed by atoms with E-state index in [2.05, 4.69) is 19.9 Å². The first-order chi connectivity index (χ1) is 9.33. The Hall–Kier alpha value is -2.82. The molecular formula is C14H10N4O. The molecule has 3 aromatic rings. The molecular weight excluding hydrogens is 240 g/mol.